The average Bonchev–Trinajstić information content (AvgIpc) is 1.69. The van der Waals surface area contributed by atoms with Crippen LogP contribution in [0.4, 0.5) is 0 Å². The van der Waals surface area contributed by atoms with E-state index in [2.05, 4.69) is 29.1 Å². The first kappa shape index (κ1) is 6.87. The first-order valence-electron chi connectivity index (χ1n) is 2.24. The minimum absolute atomic E-state index is 0.750. The van der Waals surface area contributed by atoms with Crippen LogP contribution in [0.5, 0.6) is 0 Å². The summed E-state index contributed by atoms with van der Waals surface area (Å²) < 4.78 is 0. The Hall–Kier alpha value is -0.130. The number of nitrogens with one attached hydrogen (secondary N) is 1. The van der Waals surface area contributed by atoms with Crippen LogP contribution >= 0.6 is 12.6 Å². The summed E-state index contributed by atoms with van der Waals surface area (Å²) in [6.07, 6.45) is 0. The molecule has 0 aromatic carbocycles. The topological polar surface area (TPSA) is 12.0 Å². The van der Waals surface area contributed by atoms with E-state index in [0.29, 0.717) is 0 Å². The average molecular weight is 115 g/mol. The van der Waals surface area contributed by atoms with Crippen molar-refractivity contribution in [3.8, 4) is 11.2 Å². The molecule has 0 radical (unpaired) electrons. The summed E-state index contributed by atoms with van der Waals surface area (Å²) in [7, 11) is 0. The molecule has 0 amide bonds. The lowest BCUT2D eigenvalue weighted by atomic mass is 10.6. The van der Waals surface area contributed by atoms with Gasteiger partial charge in [-0.25, -0.2) is 0 Å². The van der Waals surface area contributed by atoms with E-state index in [-0.39, 0.29) is 0 Å². The maximum Gasteiger partial charge on any atom is 0.0585 e. The summed E-state index contributed by atoms with van der Waals surface area (Å²) in [6, 6.07) is 0. The number of hydrogen-bond donors (Lipinski definition) is 2. The second-order valence-corrected chi connectivity index (χ2v) is 1.29. The standard InChI is InChI=1S/C5H9NS/c1-2-6-4-3-5-7/h6-7H,2,4H2,1H3. The molecule has 0 atom stereocenters. The molecule has 1 N–H and O–H groups in total. The SMILES string of the molecule is CCNCC#CS. The zero-order valence-electron chi connectivity index (χ0n) is 4.36. The molecular formula is C5H9NS. The summed E-state index contributed by atoms with van der Waals surface area (Å²) in [5.41, 5.74) is 0. The zero-order valence-corrected chi connectivity index (χ0v) is 5.26. The van der Waals surface area contributed by atoms with Gasteiger partial charge in [0.15, 0.2) is 0 Å². The van der Waals surface area contributed by atoms with Gasteiger partial charge in [-0.1, -0.05) is 25.5 Å². The molecular weight excluding hydrogens is 106 g/mol. The fraction of sp³-hybridized carbons (Fsp3) is 0.600. The lowest BCUT2D eigenvalue weighted by Gasteiger charge is -1.86. The van der Waals surface area contributed by atoms with Crippen molar-refractivity contribution in [2.75, 3.05) is 13.1 Å². The zero-order chi connectivity index (χ0) is 5.54. The van der Waals surface area contributed by atoms with Crippen molar-refractivity contribution in [2.24, 2.45) is 0 Å². The van der Waals surface area contributed by atoms with Crippen LogP contribution in [0.2, 0.25) is 0 Å². The van der Waals surface area contributed by atoms with Crippen LogP contribution in [-0.4, -0.2) is 13.1 Å². The Morgan fingerprint density at radius 3 is 2.86 bits per heavy atom. The quantitative estimate of drug-likeness (QED) is 0.303. The van der Waals surface area contributed by atoms with Crippen LogP contribution in [-0.2, 0) is 0 Å². The fourth-order valence-electron chi connectivity index (χ4n) is 0.227. The molecule has 0 aliphatic heterocycles. The predicted molar refractivity (Wildman–Crippen MR) is 35.3 cm³/mol. The van der Waals surface area contributed by atoms with Crippen LogP contribution < -0.4 is 5.32 Å². The van der Waals surface area contributed by atoms with E-state index in [4.69, 9.17) is 0 Å². The molecule has 0 rings (SSSR count). The molecule has 0 heterocycles. The van der Waals surface area contributed by atoms with Gasteiger partial charge in [-0.3, -0.25) is 0 Å². The highest BCUT2D eigenvalue weighted by Crippen LogP contribution is 1.59. The van der Waals surface area contributed by atoms with Gasteiger partial charge in [0.2, 0.25) is 0 Å². The summed E-state index contributed by atoms with van der Waals surface area (Å²) >= 11 is 3.69. The van der Waals surface area contributed by atoms with Gasteiger partial charge in [0.1, 0.15) is 0 Å². The van der Waals surface area contributed by atoms with E-state index < -0.39 is 0 Å². The highest BCUT2D eigenvalue weighted by Gasteiger charge is 1.68. The Bertz CT molecular complexity index is 79.8. The second-order valence-electron chi connectivity index (χ2n) is 1.07. The van der Waals surface area contributed by atoms with Crippen molar-refractivity contribution in [2.45, 2.75) is 6.92 Å². The molecule has 0 saturated heterocycles. The molecule has 0 spiro atoms. The lowest BCUT2D eigenvalue weighted by Crippen LogP contribution is -2.11. The molecule has 7 heavy (non-hydrogen) atoms. The smallest absolute Gasteiger partial charge is 0.0585 e. The summed E-state index contributed by atoms with van der Waals surface area (Å²) in [5, 5.41) is 5.51. The van der Waals surface area contributed by atoms with Gasteiger partial charge in [-0.2, -0.15) is 0 Å². The molecule has 40 valence electrons. The highest BCUT2D eigenvalue weighted by molar-refractivity contribution is 7.85. The molecule has 0 bridgehead atoms. The molecule has 0 fully saturated rings. The van der Waals surface area contributed by atoms with Crippen molar-refractivity contribution < 1.29 is 0 Å². The van der Waals surface area contributed by atoms with Gasteiger partial charge in [0, 0.05) is 0 Å². The van der Waals surface area contributed by atoms with Gasteiger partial charge in [0.25, 0.3) is 0 Å². The molecule has 0 saturated carbocycles. The van der Waals surface area contributed by atoms with Gasteiger partial charge in [-0.05, 0) is 11.8 Å². The van der Waals surface area contributed by atoms with Crippen LogP contribution in [0.3, 0.4) is 0 Å². The lowest BCUT2D eigenvalue weighted by molar-refractivity contribution is 0.811. The van der Waals surface area contributed by atoms with E-state index in [1.54, 1.807) is 0 Å². The Morgan fingerprint density at radius 2 is 2.43 bits per heavy atom. The third-order valence-corrected chi connectivity index (χ3v) is 0.701. The second kappa shape index (κ2) is 5.87. The van der Waals surface area contributed by atoms with Gasteiger partial charge >= 0.3 is 0 Å². The van der Waals surface area contributed by atoms with Crippen LogP contribution in [0, 0.1) is 11.2 Å². The Balaban J connectivity index is 2.78. The Labute approximate surface area is 49.9 Å². The summed E-state index contributed by atoms with van der Waals surface area (Å²) in [5.74, 6) is 2.75. The molecule has 1 nitrogen and oxygen atoms in total. The van der Waals surface area contributed by atoms with E-state index in [0.717, 1.165) is 13.1 Å². The number of thiol groups is 1. The van der Waals surface area contributed by atoms with E-state index in [9.17, 15) is 0 Å². The first-order chi connectivity index (χ1) is 3.41. The van der Waals surface area contributed by atoms with Crippen molar-refractivity contribution >= 4 is 12.6 Å². The molecule has 2 heteroatoms. The van der Waals surface area contributed by atoms with Crippen LogP contribution in [0.25, 0.3) is 0 Å². The van der Waals surface area contributed by atoms with Gasteiger partial charge < -0.3 is 5.32 Å². The molecule has 0 aromatic heterocycles. The van der Waals surface area contributed by atoms with Crippen molar-refractivity contribution in [1.29, 1.82) is 0 Å². The first-order valence-corrected chi connectivity index (χ1v) is 2.69. The molecule has 0 aliphatic carbocycles. The third-order valence-electron chi connectivity index (χ3n) is 0.542. The van der Waals surface area contributed by atoms with E-state index in [1.807, 2.05) is 6.92 Å². The number of rotatable bonds is 2. The molecule has 0 aliphatic rings. The predicted octanol–water partition coefficient (Wildman–Crippen LogP) is 0.487. The monoisotopic (exact) mass is 115 g/mol. The normalized spacial score (nSPS) is 7.14. The van der Waals surface area contributed by atoms with Crippen molar-refractivity contribution in [3.63, 3.8) is 0 Å². The third kappa shape index (κ3) is 5.87. The van der Waals surface area contributed by atoms with Crippen LogP contribution in [0.15, 0.2) is 0 Å². The van der Waals surface area contributed by atoms with Crippen molar-refractivity contribution in [1.82, 2.24) is 5.32 Å². The highest BCUT2D eigenvalue weighted by atomic mass is 32.1. The summed E-state index contributed by atoms with van der Waals surface area (Å²) in [6.45, 7) is 3.77. The minimum atomic E-state index is 0.750. The van der Waals surface area contributed by atoms with Crippen molar-refractivity contribution in [3.05, 3.63) is 0 Å². The largest absolute Gasteiger partial charge is 0.306 e. The minimum Gasteiger partial charge on any atom is -0.306 e. The molecule has 0 unspecified atom stereocenters. The molecule has 0 aromatic rings. The van der Waals surface area contributed by atoms with Crippen LogP contribution in [0.1, 0.15) is 6.92 Å². The maximum atomic E-state index is 3.69. The van der Waals surface area contributed by atoms with E-state index in [1.165, 1.54) is 0 Å². The number of hydrogen-bond acceptors (Lipinski definition) is 2. The summed E-state index contributed by atoms with van der Waals surface area (Å²) in [4.78, 5) is 0. The van der Waals surface area contributed by atoms with Gasteiger partial charge in [-0.15, -0.1) is 0 Å². The maximum absolute atomic E-state index is 3.69. The van der Waals surface area contributed by atoms with E-state index >= 15 is 0 Å². The Morgan fingerprint density at radius 1 is 1.71 bits per heavy atom. The Kier molecular flexibility index (Phi) is 5.76. The van der Waals surface area contributed by atoms with Gasteiger partial charge in [0.05, 0.1) is 6.54 Å². The fourth-order valence-corrected chi connectivity index (χ4v) is 0.306.